The van der Waals surface area contributed by atoms with Gasteiger partial charge in [0.1, 0.15) is 7.05 Å². The quantitative estimate of drug-likeness (QED) is 0.117. The summed E-state index contributed by atoms with van der Waals surface area (Å²) in [6.45, 7) is 4.93. The second-order valence-corrected chi connectivity index (χ2v) is 9.71. The molecule has 15 N–H and O–H groups in total. The molecule has 1 aliphatic heterocycles. The van der Waals surface area contributed by atoms with E-state index in [2.05, 4.69) is 30.0 Å². The van der Waals surface area contributed by atoms with E-state index in [-0.39, 0.29) is 50.5 Å². The third kappa shape index (κ3) is 30.2. The van der Waals surface area contributed by atoms with Crippen LogP contribution >= 0.6 is 0 Å². The number of nitrogens with zero attached hydrogens (tertiary/aromatic N) is 1. The van der Waals surface area contributed by atoms with Crippen LogP contribution in [0.25, 0.3) is 0 Å². The molecule has 0 aromatic rings. The number of rotatable bonds is 3. The summed E-state index contributed by atoms with van der Waals surface area (Å²) in [7, 11) is -16.2. The van der Waals surface area contributed by atoms with Crippen molar-refractivity contribution in [3.05, 3.63) is 12.3 Å². The zero-order valence-corrected chi connectivity index (χ0v) is 26.1. The normalized spacial score (nSPS) is 15.0. The maximum absolute atomic E-state index is 10.7. The van der Waals surface area contributed by atoms with Gasteiger partial charge in [0.2, 0.25) is 0 Å². The van der Waals surface area contributed by atoms with E-state index in [9.17, 15) is 39.5 Å². The molecule has 2 unspecified atom stereocenters. The van der Waals surface area contributed by atoms with Crippen LogP contribution in [0.1, 0.15) is 13.8 Å². The van der Waals surface area contributed by atoms with E-state index in [1.165, 1.54) is 0 Å². The molecule has 258 valence electrons. The van der Waals surface area contributed by atoms with Gasteiger partial charge < -0.3 is 49.1 Å². The van der Waals surface area contributed by atoms with Crippen molar-refractivity contribution in [2.45, 2.75) is 36.5 Å². The molecular formula is C12H31F9N6O10OsS3. The minimum atomic E-state index is -6.09. The third-order valence-electron chi connectivity index (χ3n) is 2.77. The summed E-state index contributed by atoms with van der Waals surface area (Å²) in [5, 5.41) is 0. The van der Waals surface area contributed by atoms with Gasteiger partial charge in [0.15, 0.2) is 42.8 Å². The number of halogens is 9. The predicted molar refractivity (Wildman–Crippen MR) is 118 cm³/mol. The fourth-order valence-corrected chi connectivity index (χ4v) is 1.26. The van der Waals surface area contributed by atoms with E-state index >= 15 is 0 Å². The molecule has 1 rings (SSSR count). The van der Waals surface area contributed by atoms with Crippen LogP contribution in [0.2, 0.25) is 0 Å². The summed E-state index contributed by atoms with van der Waals surface area (Å²) in [5.41, 5.74) is -16.9. The van der Waals surface area contributed by atoms with Gasteiger partial charge in [0.25, 0.3) is 0 Å². The fourth-order valence-electron chi connectivity index (χ4n) is 1.26. The monoisotopic (exact) mass is 878 g/mol. The molecule has 29 heteroatoms. The Kier molecular flexibility index (Phi) is 36.1. The number of ether oxygens (including phenoxy) is 1. The molecule has 1 aliphatic rings. The second-order valence-electron chi connectivity index (χ2n) is 5.59. The van der Waals surface area contributed by atoms with E-state index in [0.717, 1.165) is 6.61 Å². The number of hydrogen-bond acceptors (Lipinski definition) is 15. The summed E-state index contributed by atoms with van der Waals surface area (Å²) in [6, 6.07) is 0. The van der Waals surface area contributed by atoms with Gasteiger partial charge in [-0.1, -0.05) is 0 Å². The van der Waals surface area contributed by atoms with Crippen LogP contribution in [0, 0.1) is 5.92 Å². The molecule has 0 amide bonds. The number of alkyl halides is 9. The van der Waals surface area contributed by atoms with Crippen molar-refractivity contribution in [2.24, 2.45) is 5.92 Å². The van der Waals surface area contributed by atoms with Crippen molar-refractivity contribution >= 4 is 36.6 Å². The Labute approximate surface area is 243 Å². The van der Waals surface area contributed by atoms with Crippen molar-refractivity contribution < 1.29 is 108 Å². The van der Waals surface area contributed by atoms with E-state index in [0.29, 0.717) is 12.0 Å². The van der Waals surface area contributed by atoms with Crippen LogP contribution in [0.15, 0.2) is 12.3 Å². The smallest absolute Gasteiger partial charge is 0.741 e. The molecule has 41 heavy (non-hydrogen) atoms. The van der Waals surface area contributed by atoms with E-state index in [1.54, 1.807) is 0 Å². The van der Waals surface area contributed by atoms with Gasteiger partial charge in [-0.25, -0.2) is 29.8 Å². The minimum Gasteiger partial charge on any atom is -0.741 e. The van der Waals surface area contributed by atoms with Crippen molar-refractivity contribution in [1.29, 1.82) is 0 Å². The van der Waals surface area contributed by atoms with E-state index in [4.69, 9.17) is 43.6 Å². The topological polar surface area (TPSA) is 359 Å². The molecule has 1 heterocycles. The first-order chi connectivity index (χ1) is 15.0. The molecule has 0 radical (unpaired) electrons. The Bertz CT molecular complexity index is 952. The van der Waals surface area contributed by atoms with Crippen LogP contribution in [0.3, 0.4) is 0 Å². The summed E-state index contributed by atoms with van der Waals surface area (Å²) < 4.78 is 184. The molecule has 0 saturated carbocycles. The predicted octanol–water partition coefficient (Wildman–Crippen LogP) is 2.23. The van der Waals surface area contributed by atoms with Crippen LogP contribution < -0.4 is 30.8 Å². The van der Waals surface area contributed by atoms with Gasteiger partial charge >= 0.3 is 36.3 Å². The van der Waals surface area contributed by atoms with Crippen molar-refractivity contribution in [3.63, 3.8) is 0 Å². The van der Waals surface area contributed by atoms with Gasteiger partial charge in [0, 0.05) is 6.61 Å². The molecule has 0 bridgehead atoms. The molecule has 0 spiro atoms. The summed E-state index contributed by atoms with van der Waals surface area (Å²) in [5.74, 6) is 0.458. The maximum Gasteiger partial charge on any atom is 2.00 e. The van der Waals surface area contributed by atoms with Crippen LogP contribution in [-0.2, 0) is 54.9 Å². The van der Waals surface area contributed by atoms with Gasteiger partial charge in [-0.3, -0.25) is 0 Å². The molecule has 2 atom stereocenters. The van der Waals surface area contributed by atoms with Crippen LogP contribution in [-0.4, -0.2) is 86.0 Å². The first kappa shape index (κ1) is 63.2. The Morgan fingerprint density at radius 3 is 1.07 bits per heavy atom. The molecule has 0 aromatic carbocycles. The Balaban J connectivity index is -0.0000000459. The van der Waals surface area contributed by atoms with Gasteiger partial charge in [-0.2, -0.15) is 39.5 Å². The first-order valence-electron chi connectivity index (χ1n) is 7.92. The van der Waals surface area contributed by atoms with E-state index < -0.39 is 46.9 Å². The van der Waals surface area contributed by atoms with Gasteiger partial charge in [-0.15, -0.1) is 0 Å². The second kappa shape index (κ2) is 23.4. The average Bonchev–Trinajstić information content (AvgIpc) is 2.98. The zero-order valence-electron chi connectivity index (χ0n) is 21.1. The summed E-state index contributed by atoms with van der Waals surface area (Å²) >= 11 is 0. The van der Waals surface area contributed by atoms with E-state index in [1.807, 2.05) is 14.0 Å². The molecular weight excluding hydrogens is 846 g/mol. The fraction of sp³-hybridized carbons (Fsp3) is 0.750. The van der Waals surface area contributed by atoms with Crippen LogP contribution in [0.4, 0.5) is 39.5 Å². The van der Waals surface area contributed by atoms with Gasteiger partial charge in [0.05, 0.1) is 12.0 Å². The minimum absolute atomic E-state index is 0. The van der Waals surface area contributed by atoms with Crippen LogP contribution in [0.5, 0.6) is 0 Å². The van der Waals surface area contributed by atoms with Crippen molar-refractivity contribution in [2.75, 3.05) is 13.7 Å². The SMILES string of the molecule is CCOC(C)C1C=C[N+](C)=C1.N.N.N.N.N.O=S(=O)([O-])C(F)(F)F.O=S(=O)([O-])C(F)(F)F.O=S(=O)([O-])C(F)(F)F.[Os+2]. The maximum atomic E-state index is 10.7. The summed E-state index contributed by atoms with van der Waals surface area (Å²) in [4.78, 5) is 0. The Morgan fingerprint density at radius 1 is 0.732 bits per heavy atom. The largest absolute Gasteiger partial charge is 2.00 e. The van der Waals surface area contributed by atoms with Gasteiger partial charge in [-0.05, 0) is 19.9 Å². The molecule has 0 aliphatic carbocycles. The Morgan fingerprint density at radius 2 is 0.951 bits per heavy atom. The Hall–Kier alpha value is -1.09. The zero-order chi connectivity index (χ0) is 29.3. The summed E-state index contributed by atoms with van der Waals surface area (Å²) in [6.07, 6.45) is 6.71. The molecule has 16 nitrogen and oxygen atoms in total. The van der Waals surface area contributed by atoms with Crippen molar-refractivity contribution in [3.8, 4) is 0 Å². The standard InChI is InChI=1S/C9H16NO.3CHF3O3S.5H3N.Os/c1-4-11-8(2)9-5-6-10(3)7-9;3*2-1(3,4)8(5,6)7;;;;;;/h5-9H,4H2,1-3H3;3*(H,5,6,7);5*1H3;/q+1;;;;;;;;;+2/p-3. The molecule has 0 fully saturated rings. The molecule has 0 aromatic heterocycles. The number of hydrogen-bond donors (Lipinski definition) is 5. The first-order valence-corrected chi connectivity index (χ1v) is 12.1. The van der Waals surface area contributed by atoms with Crippen molar-refractivity contribution in [1.82, 2.24) is 30.8 Å². The molecule has 0 saturated heterocycles. The average molecular weight is 877 g/mol. The third-order valence-corrected chi connectivity index (χ3v) is 4.47.